The Morgan fingerprint density at radius 1 is 1.47 bits per heavy atom. The molecular weight excluding hydrogens is 188 g/mol. The van der Waals surface area contributed by atoms with Crippen LogP contribution in [-0.2, 0) is 6.42 Å². The Bertz CT molecular complexity index is 350. The zero-order chi connectivity index (χ0) is 10.7. The first-order valence-corrected chi connectivity index (χ1v) is 5.61. The molecular formula is C12H18N2O. The second-order valence-corrected chi connectivity index (χ2v) is 3.90. The highest BCUT2D eigenvalue weighted by molar-refractivity contribution is 5.73. The van der Waals surface area contributed by atoms with Gasteiger partial charge in [-0.3, -0.25) is 0 Å². The Morgan fingerprint density at radius 2 is 2.33 bits per heavy atom. The number of hydrogen-bond donors (Lipinski definition) is 2. The van der Waals surface area contributed by atoms with Crippen molar-refractivity contribution in [2.45, 2.75) is 26.2 Å². The summed E-state index contributed by atoms with van der Waals surface area (Å²) in [4.78, 5) is 0. The Kier molecular flexibility index (Phi) is 2.99. The Balaban J connectivity index is 2.32. The van der Waals surface area contributed by atoms with Crippen molar-refractivity contribution in [3.63, 3.8) is 0 Å². The highest BCUT2D eigenvalue weighted by Crippen LogP contribution is 2.37. The van der Waals surface area contributed by atoms with Gasteiger partial charge in [0, 0.05) is 6.54 Å². The minimum absolute atomic E-state index is 0.725. The summed E-state index contributed by atoms with van der Waals surface area (Å²) < 4.78 is 5.70. The summed E-state index contributed by atoms with van der Waals surface area (Å²) in [5, 5.41) is 3.38. The molecule has 1 heterocycles. The molecule has 0 atom stereocenters. The quantitative estimate of drug-likeness (QED) is 0.747. The van der Waals surface area contributed by atoms with Crippen molar-refractivity contribution in [1.29, 1.82) is 0 Å². The molecule has 0 amide bonds. The molecule has 0 saturated carbocycles. The van der Waals surface area contributed by atoms with Crippen LogP contribution in [0.2, 0.25) is 0 Å². The monoisotopic (exact) mass is 206 g/mol. The van der Waals surface area contributed by atoms with Gasteiger partial charge >= 0.3 is 0 Å². The third-order valence-corrected chi connectivity index (χ3v) is 2.65. The van der Waals surface area contributed by atoms with E-state index in [4.69, 9.17) is 10.5 Å². The Hall–Kier alpha value is -1.38. The predicted molar refractivity (Wildman–Crippen MR) is 63.5 cm³/mol. The first kappa shape index (κ1) is 10.1. The maximum Gasteiger partial charge on any atom is 0.165 e. The molecule has 0 aliphatic carbocycles. The van der Waals surface area contributed by atoms with Crippen molar-refractivity contribution in [2.24, 2.45) is 0 Å². The summed E-state index contributed by atoms with van der Waals surface area (Å²) in [6.07, 6.45) is 3.30. The van der Waals surface area contributed by atoms with Gasteiger partial charge in [0.05, 0.1) is 18.0 Å². The Labute approximate surface area is 90.6 Å². The molecule has 1 aromatic rings. The number of fused-ring (bicyclic) bond motifs is 1. The molecule has 0 fully saturated rings. The van der Waals surface area contributed by atoms with E-state index in [1.807, 2.05) is 6.07 Å². The van der Waals surface area contributed by atoms with Crippen LogP contribution in [0.25, 0.3) is 0 Å². The predicted octanol–water partition coefficient (Wildman–Crippen LogP) is 2.42. The molecule has 1 aliphatic rings. The van der Waals surface area contributed by atoms with Gasteiger partial charge in [0.2, 0.25) is 0 Å². The van der Waals surface area contributed by atoms with Crippen LogP contribution >= 0.6 is 0 Å². The standard InChI is InChI=1S/C12H18N2O/c1-2-8-15-12-10(13)6-5-9-4-3-7-14-11(9)12/h5-6,14H,2-4,7-8,13H2,1H3. The molecule has 1 aliphatic heterocycles. The molecule has 3 nitrogen and oxygen atoms in total. The van der Waals surface area contributed by atoms with E-state index in [1.165, 1.54) is 12.0 Å². The van der Waals surface area contributed by atoms with Crippen LogP contribution in [0.4, 0.5) is 11.4 Å². The van der Waals surface area contributed by atoms with E-state index < -0.39 is 0 Å². The fourth-order valence-corrected chi connectivity index (χ4v) is 1.89. The highest BCUT2D eigenvalue weighted by atomic mass is 16.5. The van der Waals surface area contributed by atoms with Gasteiger partial charge in [-0.25, -0.2) is 0 Å². The van der Waals surface area contributed by atoms with Crippen LogP contribution in [0, 0.1) is 0 Å². The number of nitrogens with one attached hydrogen (secondary N) is 1. The maximum absolute atomic E-state index is 5.92. The minimum Gasteiger partial charge on any atom is -0.489 e. The molecule has 0 aromatic heterocycles. The molecule has 0 radical (unpaired) electrons. The Morgan fingerprint density at radius 3 is 3.13 bits per heavy atom. The number of hydrogen-bond acceptors (Lipinski definition) is 3. The van der Waals surface area contributed by atoms with Crippen LogP contribution in [0.3, 0.4) is 0 Å². The summed E-state index contributed by atoms with van der Waals surface area (Å²) in [5.41, 5.74) is 9.08. The number of benzene rings is 1. The first-order valence-electron chi connectivity index (χ1n) is 5.61. The average molecular weight is 206 g/mol. The zero-order valence-corrected chi connectivity index (χ0v) is 9.18. The topological polar surface area (TPSA) is 47.3 Å². The lowest BCUT2D eigenvalue weighted by Gasteiger charge is -2.22. The molecule has 0 bridgehead atoms. The van der Waals surface area contributed by atoms with Crippen LogP contribution in [0.1, 0.15) is 25.3 Å². The van der Waals surface area contributed by atoms with E-state index in [0.29, 0.717) is 0 Å². The second kappa shape index (κ2) is 4.43. The molecule has 1 aromatic carbocycles. The van der Waals surface area contributed by atoms with Gasteiger partial charge in [0.15, 0.2) is 5.75 Å². The van der Waals surface area contributed by atoms with Gasteiger partial charge in [-0.05, 0) is 30.9 Å². The fraction of sp³-hybridized carbons (Fsp3) is 0.500. The first-order chi connectivity index (χ1) is 7.33. The van der Waals surface area contributed by atoms with Gasteiger partial charge in [0.25, 0.3) is 0 Å². The number of nitrogen functional groups attached to an aromatic ring is 1. The number of aryl methyl sites for hydroxylation is 1. The van der Waals surface area contributed by atoms with Gasteiger partial charge in [-0.2, -0.15) is 0 Å². The number of anilines is 2. The number of nitrogens with two attached hydrogens (primary N) is 1. The minimum atomic E-state index is 0.725. The third-order valence-electron chi connectivity index (χ3n) is 2.65. The van der Waals surface area contributed by atoms with E-state index >= 15 is 0 Å². The summed E-state index contributed by atoms with van der Waals surface area (Å²) >= 11 is 0. The van der Waals surface area contributed by atoms with Crippen molar-refractivity contribution in [3.05, 3.63) is 17.7 Å². The van der Waals surface area contributed by atoms with Gasteiger partial charge < -0.3 is 15.8 Å². The maximum atomic E-state index is 5.92. The van der Waals surface area contributed by atoms with Crippen molar-refractivity contribution < 1.29 is 4.74 Å². The molecule has 3 N–H and O–H groups in total. The molecule has 15 heavy (non-hydrogen) atoms. The van der Waals surface area contributed by atoms with E-state index in [0.717, 1.165) is 43.1 Å². The van der Waals surface area contributed by atoms with E-state index in [-0.39, 0.29) is 0 Å². The van der Waals surface area contributed by atoms with Crippen LogP contribution in [0.5, 0.6) is 5.75 Å². The summed E-state index contributed by atoms with van der Waals surface area (Å²) in [6.45, 7) is 3.83. The normalized spacial score (nSPS) is 14.2. The van der Waals surface area contributed by atoms with Crippen molar-refractivity contribution >= 4 is 11.4 Å². The molecule has 82 valence electrons. The summed E-state index contributed by atoms with van der Waals surface area (Å²) in [7, 11) is 0. The second-order valence-electron chi connectivity index (χ2n) is 3.90. The summed E-state index contributed by atoms with van der Waals surface area (Å²) in [5.74, 6) is 0.842. The lowest BCUT2D eigenvalue weighted by Crippen LogP contribution is -2.14. The van der Waals surface area contributed by atoms with Crippen LogP contribution < -0.4 is 15.8 Å². The zero-order valence-electron chi connectivity index (χ0n) is 9.18. The van der Waals surface area contributed by atoms with Gasteiger partial charge in [-0.1, -0.05) is 13.0 Å². The van der Waals surface area contributed by atoms with Crippen molar-refractivity contribution in [2.75, 3.05) is 24.2 Å². The SMILES string of the molecule is CCCOc1c(N)ccc2c1NCCC2. The van der Waals surface area contributed by atoms with E-state index in [9.17, 15) is 0 Å². The van der Waals surface area contributed by atoms with Crippen LogP contribution in [0.15, 0.2) is 12.1 Å². The van der Waals surface area contributed by atoms with E-state index in [2.05, 4.69) is 18.3 Å². The molecule has 3 heteroatoms. The van der Waals surface area contributed by atoms with Crippen molar-refractivity contribution in [3.8, 4) is 5.75 Å². The molecule has 0 spiro atoms. The lowest BCUT2D eigenvalue weighted by molar-refractivity contribution is 0.320. The smallest absolute Gasteiger partial charge is 0.165 e. The van der Waals surface area contributed by atoms with E-state index in [1.54, 1.807) is 0 Å². The van der Waals surface area contributed by atoms with Crippen LogP contribution in [-0.4, -0.2) is 13.2 Å². The largest absolute Gasteiger partial charge is 0.489 e. The molecule has 0 saturated heterocycles. The van der Waals surface area contributed by atoms with Gasteiger partial charge in [0.1, 0.15) is 0 Å². The lowest BCUT2D eigenvalue weighted by atomic mass is 10.0. The molecule has 2 rings (SSSR count). The third kappa shape index (κ3) is 2.01. The van der Waals surface area contributed by atoms with Gasteiger partial charge in [-0.15, -0.1) is 0 Å². The highest BCUT2D eigenvalue weighted by Gasteiger charge is 2.15. The molecule has 0 unspecified atom stereocenters. The number of ether oxygens (including phenoxy) is 1. The fourth-order valence-electron chi connectivity index (χ4n) is 1.89. The van der Waals surface area contributed by atoms with Crippen molar-refractivity contribution in [1.82, 2.24) is 0 Å². The summed E-state index contributed by atoms with van der Waals surface area (Å²) in [6, 6.07) is 4.03. The average Bonchev–Trinajstić information content (AvgIpc) is 2.28. The number of rotatable bonds is 3.